The minimum atomic E-state index is -0.795. The number of ether oxygens (including phenoxy) is 1. The van der Waals surface area contributed by atoms with Gasteiger partial charge in [-0.05, 0) is 37.3 Å². The van der Waals surface area contributed by atoms with Gasteiger partial charge in [-0.3, -0.25) is 9.58 Å². The van der Waals surface area contributed by atoms with Gasteiger partial charge in [0.05, 0.1) is 18.4 Å². The van der Waals surface area contributed by atoms with Crippen molar-refractivity contribution in [1.29, 1.82) is 0 Å². The number of hydrogen-bond donors (Lipinski definition) is 1. The van der Waals surface area contributed by atoms with Gasteiger partial charge in [0.15, 0.2) is 0 Å². The summed E-state index contributed by atoms with van der Waals surface area (Å²) in [6.07, 6.45) is 4.93. The molecule has 1 N–H and O–H groups in total. The summed E-state index contributed by atoms with van der Waals surface area (Å²) < 4.78 is 7.49. The number of rotatable bonds is 4. The van der Waals surface area contributed by atoms with E-state index >= 15 is 0 Å². The van der Waals surface area contributed by atoms with E-state index < -0.39 is 5.60 Å². The molecule has 5 nitrogen and oxygen atoms in total. The molecule has 1 aliphatic carbocycles. The lowest BCUT2D eigenvalue weighted by Crippen LogP contribution is -2.43. The number of para-hydroxylation sites is 1. The predicted octanol–water partition coefficient (Wildman–Crippen LogP) is 2.55. The minimum absolute atomic E-state index is 0.255. The first-order chi connectivity index (χ1) is 12.1. The molecule has 0 bridgehead atoms. The molecule has 2 aliphatic rings. The summed E-state index contributed by atoms with van der Waals surface area (Å²) in [5.74, 6) is 1.60. The molecule has 2 fully saturated rings. The number of aryl methyl sites for hydroxylation is 1. The van der Waals surface area contributed by atoms with Gasteiger partial charge < -0.3 is 9.84 Å². The quantitative estimate of drug-likeness (QED) is 0.928. The fourth-order valence-corrected chi connectivity index (χ4v) is 4.86. The van der Waals surface area contributed by atoms with Crippen LogP contribution < -0.4 is 4.74 Å². The average Bonchev–Trinajstić information content (AvgIpc) is 3.22. The summed E-state index contributed by atoms with van der Waals surface area (Å²) in [6.45, 7) is 2.86. The zero-order valence-electron chi connectivity index (χ0n) is 15.1. The second-order valence-corrected chi connectivity index (χ2v) is 7.52. The van der Waals surface area contributed by atoms with E-state index in [1.165, 1.54) is 12.1 Å². The summed E-state index contributed by atoms with van der Waals surface area (Å²) >= 11 is 0. The molecule has 3 atom stereocenters. The maximum atomic E-state index is 11.7. The Hall–Kier alpha value is -1.85. The predicted molar refractivity (Wildman–Crippen MR) is 96.2 cm³/mol. The molecule has 1 aromatic carbocycles. The third kappa shape index (κ3) is 2.85. The van der Waals surface area contributed by atoms with Gasteiger partial charge in [-0.2, -0.15) is 5.10 Å². The van der Waals surface area contributed by atoms with E-state index in [1.807, 2.05) is 42.2 Å². The van der Waals surface area contributed by atoms with Crippen molar-refractivity contribution in [3.8, 4) is 5.75 Å². The number of aliphatic hydroxyl groups is 1. The SMILES string of the molecule is COc1ccccc1[C@]1(O)CCC[C@@H]2CN(Cc3ccnn3C)C[C@@H]21. The van der Waals surface area contributed by atoms with Gasteiger partial charge >= 0.3 is 0 Å². The smallest absolute Gasteiger partial charge is 0.124 e. The van der Waals surface area contributed by atoms with Crippen LogP contribution in [0.5, 0.6) is 5.75 Å². The van der Waals surface area contributed by atoms with Crippen LogP contribution in [-0.4, -0.2) is 40.0 Å². The van der Waals surface area contributed by atoms with Gasteiger partial charge in [0, 0.05) is 44.4 Å². The van der Waals surface area contributed by atoms with Gasteiger partial charge in [-0.15, -0.1) is 0 Å². The van der Waals surface area contributed by atoms with E-state index in [1.54, 1.807) is 7.11 Å². The van der Waals surface area contributed by atoms with Crippen LogP contribution in [0.2, 0.25) is 0 Å². The van der Waals surface area contributed by atoms with Crippen LogP contribution in [0.15, 0.2) is 36.5 Å². The first kappa shape index (κ1) is 16.6. The summed E-state index contributed by atoms with van der Waals surface area (Å²) in [5.41, 5.74) is 1.38. The molecular weight excluding hydrogens is 314 g/mol. The van der Waals surface area contributed by atoms with Gasteiger partial charge in [0.25, 0.3) is 0 Å². The summed E-state index contributed by atoms with van der Waals surface area (Å²) in [5, 5.41) is 16.0. The molecule has 25 heavy (non-hydrogen) atoms. The Balaban J connectivity index is 1.60. The number of likely N-dealkylation sites (tertiary alicyclic amines) is 1. The van der Waals surface area contributed by atoms with Crippen molar-refractivity contribution in [2.45, 2.75) is 31.4 Å². The van der Waals surface area contributed by atoms with Crippen LogP contribution in [0.25, 0.3) is 0 Å². The summed E-state index contributed by atoms with van der Waals surface area (Å²) in [7, 11) is 3.68. The Labute approximate surface area is 149 Å². The number of fused-ring (bicyclic) bond motifs is 1. The van der Waals surface area contributed by atoms with Crippen molar-refractivity contribution in [3.05, 3.63) is 47.8 Å². The van der Waals surface area contributed by atoms with Crippen LogP contribution in [0, 0.1) is 11.8 Å². The molecule has 1 aliphatic heterocycles. The van der Waals surface area contributed by atoms with Crippen LogP contribution in [0.1, 0.15) is 30.5 Å². The molecule has 5 heteroatoms. The molecule has 4 rings (SSSR count). The number of aromatic nitrogens is 2. The van der Waals surface area contributed by atoms with Crippen LogP contribution in [0.3, 0.4) is 0 Å². The van der Waals surface area contributed by atoms with Crippen molar-refractivity contribution >= 4 is 0 Å². The molecule has 1 aromatic heterocycles. The lowest BCUT2D eigenvalue weighted by Gasteiger charge is -2.42. The van der Waals surface area contributed by atoms with E-state index in [0.29, 0.717) is 5.92 Å². The topological polar surface area (TPSA) is 50.5 Å². The molecule has 0 amide bonds. The van der Waals surface area contributed by atoms with Gasteiger partial charge in [0.2, 0.25) is 0 Å². The van der Waals surface area contributed by atoms with E-state index in [0.717, 1.165) is 43.8 Å². The van der Waals surface area contributed by atoms with E-state index in [-0.39, 0.29) is 5.92 Å². The molecular formula is C20H27N3O2. The number of benzene rings is 1. The third-order valence-corrected chi connectivity index (χ3v) is 6.14. The van der Waals surface area contributed by atoms with Gasteiger partial charge in [-0.25, -0.2) is 0 Å². The maximum absolute atomic E-state index is 11.7. The van der Waals surface area contributed by atoms with Crippen LogP contribution >= 0.6 is 0 Å². The second kappa shape index (κ2) is 6.46. The maximum Gasteiger partial charge on any atom is 0.124 e. The first-order valence-corrected chi connectivity index (χ1v) is 9.17. The fraction of sp³-hybridized carbons (Fsp3) is 0.550. The second-order valence-electron chi connectivity index (χ2n) is 7.52. The highest BCUT2D eigenvalue weighted by atomic mass is 16.5. The van der Waals surface area contributed by atoms with Crippen LogP contribution in [-0.2, 0) is 19.2 Å². The highest BCUT2D eigenvalue weighted by Crippen LogP contribution is 2.50. The average molecular weight is 341 g/mol. The van der Waals surface area contributed by atoms with E-state index in [2.05, 4.69) is 16.1 Å². The summed E-state index contributed by atoms with van der Waals surface area (Å²) in [6, 6.07) is 10.0. The number of hydrogen-bond acceptors (Lipinski definition) is 4. The molecule has 134 valence electrons. The highest BCUT2D eigenvalue weighted by molar-refractivity contribution is 5.39. The molecule has 2 heterocycles. The molecule has 2 aromatic rings. The largest absolute Gasteiger partial charge is 0.496 e. The zero-order chi connectivity index (χ0) is 17.4. The monoisotopic (exact) mass is 341 g/mol. The van der Waals surface area contributed by atoms with E-state index in [4.69, 9.17) is 4.74 Å². The Kier molecular flexibility index (Phi) is 4.29. The molecule has 1 saturated carbocycles. The number of methoxy groups -OCH3 is 1. The van der Waals surface area contributed by atoms with Crippen molar-refractivity contribution in [2.24, 2.45) is 18.9 Å². The lowest BCUT2D eigenvalue weighted by molar-refractivity contribution is -0.0662. The van der Waals surface area contributed by atoms with Crippen molar-refractivity contribution in [2.75, 3.05) is 20.2 Å². The van der Waals surface area contributed by atoms with Crippen LogP contribution in [0.4, 0.5) is 0 Å². The Morgan fingerprint density at radius 3 is 2.88 bits per heavy atom. The van der Waals surface area contributed by atoms with Crippen molar-refractivity contribution < 1.29 is 9.84 Å². The normalized spacial score (nSPS) is 29.6. The molecule has 0 spiro atoms. The molecule has 0 unspecified atom stereocenters. The molecule has 1 saturated heterocycles. The standard InChI is InChI=1S/C20H27N3O2/c1-22-16(9-11-21-22)13-23-12-15-6-5-10-20(24,18(15)14-23)17-7-3-4-8-19(17)25-2/h3-4,7-9,11,15,18,24H,5-6,10,12-14H2,1-2H3/t15-,18+,20-/m1/s1. The third-order valence-electron chi connectivity index (χ3n) is 6.14. The minimum Gasteiger partial charge on any atom is -0.496 e. The zero-order valence-corrected chi connectivity index (χ0v) is 15.1. The van der Waals surface area contributed by atoms with Crippen molar-refractivity contribution in [3.63, 3.8) is 0 Å². The fourth-order valence-electron chi connectivity index (χ4n) is 4.86. The highest BCUT2D eigenvalue weighted by Gasteiger charge is 2.50. The Bertz CT molecular complexity index is 744. The van der Waals surface area contributed by atoms with Gasteiger partial charge in [0.1, 0.15) is 5.75 Å². The van der Waals surface area contributed by atoms with Gasteiger partial charge in [-0.1, -0.05) is 18.2 Å². The number of nitrogens with zero attached hydrogens (tertiary/aromatic N) is 3. The lowest BCUT2D eigenvalue weighted by atomic mass is 9.67. The first-order valence-electron chi connectivity index (χ1n) is 9.17. The molecule has 0 radical (unpaired) electrons. The Morgan fingerprint density at radius 1 is 1.28 bits per heavy atom. The van der Waals surface area contributed by atoms with E-state index in [9.17, 15) is 5.11 Å². The Morgan fingerprint density at radius 2 is 2.12 bits per heavy atom. The van der Waals surface area contributed by atoms with Crippen molar-refractivity contribution in [1.82, 2.24) is 14.7 Å². The summed E-state index contributed by atoms with van der Waals surface area (Å²) in [4.78, 5) is 2.47.